The lowest BCUT2D eigenvalue weighted by molar-refractivity contribution is 0.614. The quantitative estimate of drug-likeness (QED) is 0.128. The van der Waals surface area contributed by atoms with Crippen molar-refractivity contribution in [2.24, 2.45) is 0 Å². The molecule has 1 nitrogen and oxygen atoms in total. The molecule has 0 aliphatic carbocycles. The van der Waals surface area contributed by atoms with Crippen LogP contribution in [-0.4, -0.2) is 28.9 Å². The fourth-order valence-corrected chi connectivity index (χ4v) is 13.1. The molecule has 0 fully saturated rings. The van der Waals surface area contributed by atoms with Crippen molar-refractivity contribution in [3.63, 3.8) is 0 Å². The first kappa shape index (κ1) is 24.0. The van der Waals surface area contributed by atoms with Crippen molar-refractivity contribution in [1.82, 2.24) is 4.31 Å². The number of hydrogen-bond donors (Lipinski definition) is 0. The summed E-state index contributed by atoms with van der Waals surface area (Å²) in [6.07, 6.45) is 8.04. The zero-order valence-electron chi connectivity index (χ0n) is 15.8. The first-order valence-electron chi connectivity index (χ1n) is 9.46. The Labute approximate surface area is 206 Å². The average Bonchev–Trinajstić information content (AvgIpc) is 3.35. The van der Waals surface area contributed by atoms with Crippen molar-refractivity contribution in [3.05, 3.63) is 26.8 Å². The molecular weight excluding hydrogens is 582 g/mol. The molecule has 0 saturated heterocycles. The maximum Gasteiger partial charge on any atom is 0.0717 e. The fraction of sp³-hybridized carbons (Fsp3) is 0.667. The topological polar surface area (TPSA) is 3.24 Å². The van der Waals surface area contributed by atoms with Crippen LogP contribution < -0.4 is 0 Å². The van der Waals surface area contributed by atoms with E-state index in [0.717, 1.165) is 13.1 Å². The van der Waals surface area contributed by atoms with Crippen molar-refractivity contribution < 1.29 is 0 Å². The molecule has 3 heterocycles. The minimum atomic E-state index is 1.12. The van der Waals surface area contributed by atoms with E-state index >= 15 is 0 Å². The summed E-state index contributed by atoms with van der Waals surface area (Å²) in [5, 5.41) is 0. The van der Waals surface area contributed by atoms with Crippen LogP contribution in [-0.2, 0) is 0 Å². The van der Waals surface area contributed by atoms with Crippen molar-refractivity contribution in [3.8, 4) is 0 Å². The number of thioether (sulfide) groups is 6. The minimum absolute atomic E-state index is 1.12. The standard InChI is InChI=1S/C18H26INS7/c1-3-5-7-9-21-15-16(22-10-8-6-4-2)26-18(25-15)17-23-13-11-20(27-19)12-14(13)24-17/h3-12H2,1-2H3. The zero-order valence-corrected chi connectivity index (χ0v) is 23.6. The summed E-state index contributed by atoms with van der Waals surface area (Å²) in [5.74, 6) is 2.55. The molecule has 3 aliphatic rings. The van der Waals surface area contributed by atoms with Crippen LogP contribution in [0.15, 0.2) is 26.8 Å². The average molecular weight is 608 g/mol. The molecule has 0 aromatic heterocycles. The number of nitrogens with zero attached hydrogens (tertiary/aromatic N) is 1. The Kier molecular flexibility index (Phi) is 11.6. The Morgan fingerprint density at radius 3 is 1.70 bits per heavy atom. The SMILES string of the molecule is CCCCCSC1=C(SCCCCC)SC(=C2SC3=C(CN(SI)C3)S2)S1. The van der Waals surface area contributed by atoms with E-state index in [1.807, 2.05) is 32.6 Å². The number of hydrogen-bond acceptors (Lipinski definition) is 8. The number of unbranched alkanes of at least 4 members (excludes halogenated alkanes) is 4. The van der Waals surface area contributed by atoms with E-state index in [-0.39, 0.29) is 0 Å². The molecule has 0 amide bonds. The summed E-state index contributed by atoms with van der Waals surface area (Å²) in [6.45, 7) is 6.83. The van der Waals surface area contributed by atoms with E-state index in [0.29, 0.717) is 0 Å². The van der Waals surface area contributed by atoms with E-state index in [1.54, 1.807) is 26.8 Å². The first-order valence-corrected chi connectivity index (χ1v) is 18.0. The van der Waals surface area contributed by atoms with Gasteiger partial charge in [0.05, 0.1) is 16.9 Å². The van der Waals surface area contributed by atoms with Crippen LogP contribution >= 0.6 is 101 Å². The Morgan fingerprint density at radius 1 is 0.778 bits per heavy atom. The van der Waals surface area contributed by atoms with Gasteiger partial charge in [0.25, 0.3) is 0 Å². The summed E-state index contributed by atoms with van der Waals surface area (Å²) in [4.78, 5) is 3.18. The second kappa shape index (κ2) is 13.0. The number of rotatable bonds is 11. The molecule has 0 unspecified atom stereocenters. The van der Waals surface area contributed by atoms with Crippen LogP contribution in [0.2, 0.25) is 0 Å². The lowest BCUT2D eigenvalue weighted by Crippen LogP contribution is -2.09. The molecule has 3 rings (SSSR count). The highest BCUT2D eigenvalue weighted by atomic mass is 127. The van der Waals surface area contributed by atoms with Crippen LogP contribution in [0.1, 0.15) is 52.4 Å². The molecule has 0 radical (unpaired) electrons. The van der Waals surface area contributed by atoms with Gasteiger partial charge < -0.3 is 0 Å². The van der Waals surface area contributed by atoms with Crippen LogP contribution in [0.25, 0.3) is 0 Å². The van der Waals surface area contributed by atoms with Gasteiger partial charge in [-0.15, -0.1) is 23.5 Å². The molecule has 0 aromatic rings. The summed E-state index contributed by atoms with van der Waals surface area (Å²) >= 11 is 14.8. The van der Waals surface area contributed by atoms with E-state index in [9.17, 15) is 0 Å². The molecule has 152 valence electrons. The van der Waals surface area contributed by atoms with Gasteiger partial charge in [-0.3, -0.25) is 0 Å². The molecule has 0 bridgehead atoms. The van der Waals surface area contributed by atoms with Crippen molar-refractivity contribution >= 4 is 101 Å². The van der Waals surface area contributed by atoms with Gasteiger partial charge in [-0.05, 0) is 33.5 Å². The minimum Gasteiger partial charge on any atom is -0.232 e. The van der Waals surface area contributed by atoms with Gasteiger partial charge >= 0.3 is 0 Å². The monoisotopic (exact) mass is 607 g/mol. The highest BCUT2D eigenvalue weighted by Crippen LogP contribution is 2.64. The van der Waals surface area contributed by atoms with Crippen LogP contribution in [0.4, 0.5) is 0 Å². The Hall–Kier alpha value is 2.36. The molecule has 0 N–H and O–H groups in total. The summed E-state index contributed by atoms with van der Waals surface area (Å²) in [6, 6.07) is 0. The maximum absolute atomic E-state index is 2.45. The Bertz CT molecular complexity index is 571. The van der Waals surface area contributed by atoms with Gasteiger partial charge in [0.15, 0.2) is 0 Å². The number of halogens is 1. The summed E-state index contributed by atoms with van der Waals surface area (Å²) in [7, 11) is 1.84. The molecular formula is C18H26INS7. The van der Waals surface area contributed by atoms with Gasteiger partial charge in [0, 0.05) is 44.1 Å². The normalized spacial score (nSPS) is 20.6. The molecule has 0 aromatic carbocycles. The lowest BCUT2D eigenvalue weighted by Gasteiger charge is -2.12. The zero-order chi connectivity index (χ0) is 19.1. The van der Waals surface area contributed by atoms with Crippen molar-refractivity contribution in [2.75, 3.05) is 24.6 Å². The van der Waals surface area contributed by atoms with Gasteiger partial charge in [0.1, 0.15) is 0 Å². The Balaban J connectivity index is 1.58. The van der Waals surface area contributed by atoms with Crippen molar-refractivity contribution in [1.29, 1.82) is 0 Å². The van der Waals surface area contributed by atoms with Gasteiger partial charge in [-0.25, -0.2) is 4.31 Å². The molecule has 3 aliphatic heterocycles. The van der Waals surface area contributed by atoms with Crippen molar-refractivity contribution in [2.45, 2.75) is 52.4 Å². The van der Waals surface area contributed by atoms with E-state index in [2.05, 4.69) is 86.4 Å². The highest BCUT2D eigenvalue weighted by Gasteiger charge is 2.34. The highest BCUT2D eigenvalue weighted by molar-refractivity contribution is 14.2. The molecule has 0 atom stereocenters. The van der Waals surface area contributed by atoms with Crippen LogP contribution in [0, 0.1) is 0 Å². The second-order valence-electron chi connectivity index (χ2n) is 6.38. The van der Waals surface area contributed by atoms with Gasteiger partial charge in [-0.2, -0.15) is 0 Å². The van der Waals surface area contributed by atoms with E-state index in [4.69, 9.17) is 0 Å². The third-order valence-corrected chi connectivity index (χ3v) is 15.1. The Morgan fingerprint density at radius 2 is 1.26 bits per heavy atom. The van der Waals surface area contributed by atoms with E-state index in [1.165, 1.54) is 50.0 Å². The lowest BCUT2D eigenvalue weighted by atomic mass is 10.3. The second-order valence-corrected chi connectivity index (χ2v) is 15.7. The molecule has 0 spiro atoms. The molecule has 0 saturated carbocycles. The predicted octanol–water partition coefficient (Wildman–Crippen LogP) is 9.57. The largest absolute Gasteiger partial charge is 0.232 e. The fourth-order valence-electron chi connectivity index (χ4n) is 2.67. The summed E-state index contributed by atoms with van der Waals surface area (Å²) < 4.78 is 8.70. The van der Waals surface area contributed by atoms with Gasteiger partial charge in [0.2, 0.25) is 0 Å². The smallest absolute Gasteiger partial charge is 0.0717 e. The first-order chi connectivity index (χ1) is 13.2. The maximum atomic E-state index is 2.45. The molecule has 27 heavy (non-hydrogen) atoms. The van der Waals surface area contributed by atoms with E-state index < -0.39 is 0 Å². The van der Waals surface area contributed by atoms with Gasteiger partial charge in [-0.1, -0.05) is 86.6 Å². The summed E-state index contributed by atoms with van der Waals surface area (Å²) in [5.41, 5.74) is 0. The third kappa shape index (κ3) is 7.19. The van der Waals surface area contributed by atoms with Crippen LogP contribution in [0.5, 0.6) is 0 Å². The van der Waals surface area contributed by atoms with Crippen LogP contribution in [0.3, 0.4) is 0 Å². The third-order valence-electron chi connectivity index (χ3n) is 4.15. The molecule has 9 heteroatoms. The predicted molar refractivity (Wildman–Crippen MR) is 149 cm³/mol.